The van der Waals surface area contributed by atoms with E-state index >= 15 is 0 Å². The van der Waals surface area contributed by atoms with Gasteiger partial charge in [0.05, 0.1) is 16.8 Å². The van der Waals surface area contributed by atoms with E-state index in [-0.39, 0.29) is 12.0 Å². The number of aromatic nitrogens is 2. The second-order valence-electron chi connectivity index (χ2n) is 6.25. The van der Waals surface area contributed by atoms with Crippen LogP contribution >= 0.6 is 11.3 Å². The molecule has 1 aliphatic heterocycles. The summed E-state index contributed by atoms with van der Waals surface area (Å²) in [5.74, 6) is -0.0173. The van der Waals surface area contributed by atoms with Crippen LogP contribution in [0, 0.1) is 0 Å². The Bertz CT molecular complexity index is 959. The van der Waals surface area contributed by atoms with Crippen LogP contribution in [0.2, 0.25) is 0 Å². The molecule has 7 nitrogen and oxygen atoms in total. The number of nitrogens with zero attached hydrogens (tertiary/aromatic N) is 4. The van der Waals surface area contributed by atoms with E-state index in [1.807, 2.05) is 47.3 Å². The van der Waals surface area contributed by atoms with Gasteiger partial charge in [-0.1, -0.05) is 11.3 Å². The molecular formula is C19H20N4O3S. The maximum Gasteiger partial charge on any atom is 0.409 e. The Morgan fingerprint density at radius 1 is 1.11 bits per heavy atom. The number of thiazole rings is 1. The molecule has 0 spiro atoms. The molecule has 0 saturated carbocycles. The zero-order chi connectivity index (χ0) is 18.8. The summed E-state index contributed by atoms with van der Waals surface area (Å²) < 4.78 is 7.96. The molecule has 3 heterocycles. The lowest BCUT2D eigenvalue weighted by molar-refractivity contribution is 0.0570. The van der Waals surface area contributed by atoms with E-state index in [1.165, 1.54) is 0 Å². The molecule has 0 aliphatic carbocycles. The van der Waals surface area contributed by atoms with Crippen LogP contribution < -0.4 is 0 Å². The Morgan fingerprint density at radius 2 is 1.81 bits per heavy atom. The number of ether oxygens (including phenoxy) is 1. The molecule has 0 N–H and O–H groups in total. The van der Waals surface area contributed by atoms with Crippen LogP contribution in [0.25, 0.3) is 15.3 Å². The first-order chi connectivity index (χ1) is 13.2. The molecule has 140 valence electrons. The Balaban J connectivity index is 1.47. The Labute approximate surface area is 160 Å². The first kappa shape index (κ1) is 17.5. The lowest BCUT2D eigenvalue weighted by Crippen LogP contribution is -2.50. The zero-order valence-electron chi connectivity index (χ0n) is 15.0. The number of piperazine rings is 1. The van der Waals surface area contributed by atoms with Gasteiger partial charge in [-0.05, 0) is 37.3 Å². The Hall–Kier alpha value is -2.87. The van der Waals surface area contributed by atoms with Crippen LogP contribution in [0.1, 0.15) is 17.3 Å². The van der Waals surface area contributed by atoms with Crippen molar-refractivity contribution in [2.75, 3.05) is 32.8 Å². The van der Waals surface area contributed by atoms with E-state index < -0.39 is 0 Å². The van der Waals surface area contributed by atoms with E-state index in [4.69, 9.17) is 4.74 Å². The molecular weight excluding hydrogens is 364 g/mol. The van der Waals surface area contributed by atoms with E-state index in [9.17, 15) is 9.59 Å². The number of hydrogen-bond acceptors (Lipinski definition) is 5. The van der Waals surface area contributed by atoms with Crippen LogP contribution in [0.3, 0.4) is 0 Å². The second-order valence-corrected chi connectivity index (χ2v) is 7.26. The van der Waals surface area contributed by atoms with E-state index in [2.05, 4.69) is 4.98 Å². The predicted octanol–water partition coefficient (Wildman–Crippen LogP) is 3.00. The van der Waals surface area contributed by atoms with Gasteiger partial charge < -0.3 is 19.1 Å². The lowest BCUT2D eigenvalue weighted by Gasteiger charge is -2.34. The van der Waals surface area contributed by atoms with Gasteiger partial charge in [-0.3, -0.25) is 4.79 Å². The standard InChI is InChI=1S/C19H20N4O3S/c1-2-26-19(25)23-11-9-21(10-12-23)17(24)14-5-6-15-16(13-14)27-18(20-15)22-7-3-4-8-22/h3-8,13H,2,9-12H2,1H3. The smallest absolute Gasteiger partial charge is 0.409 e. The van der Waals surface area contributed by atoms with Crippen LogP contribution in [0.15, 0.2) is 42.7 Å². The zero-order valence-corrected chi connectivity index (χ0v) is 15.8. The third-order valence-electron chi connectivity index (χ3n) is 4.54. The number of carbonyl (C=O) groups excluding carboxylic acids is 2. The molecule has 1 aromatic carbocycles. The third-order valence-corrected chi connectivity index (χ3v) is 5.57. The minimum atomic E-state index is -0.312. The van der Waals surface area contributed by atoms with Gasteiger partial charge in [0.1, 0.15) is 0 Å². The molecule has 2 amide bonds. The van der Waals surface area contributed by atoms with Gasteiger partial charge in [-0.2, -0.15) is 0 Å². The summed E-state index contributed by atoms with van der Waals surface area (Å²) in [6.07, 6.45) is 3.59. The number of carbonyl (C=O) groups is 2. The molecule has 8 heteroatoms. The number of fused-ring (bicyclic) bond motifs is 1. The average molecular weight is 384 g/mol. The van der Waals surface area contributed by atoms with Crippen molar-refractivity contribution in [1.82, 2.24) is 19.4 Å². The molecule has 27 heavy (non-hydrogen) atoms. The van der Waals surface area contributed by atoms with E-state index in [1.54, 1.807) is 28.1 Å². The number of benzene rings is 1. The van der Waals surface area contributed by atoms with Gasteiger partial charge in [0.25, 0.3) is 5.91 Å². The molecule has 0 radical (unpaired) electrons. The quantitative estimate of drug-likeness (QED) is 0.696. The monoisotopic (exact) mass is 384 g/mol. The van der Waals surface area contributed by atoms with Crippen LogP contribution in [0.4, 0.5) is 4.79 Å². The highest BCUT2D eigenvalue weighted by Gasteiger charge is 2.25. The molecule has 1 fully saturated rings. The van der Waals surface area contributed by atoms with Crippen LogP contribution in [0.5, 0.6) is 0 Å². The SMILES string of the molecule is CCOC(=O)N1CCN(C(=O)c2ccc3nc(-n4cccc4)sc3c2)CC1. The summed E-state index contributed by atoms with van der Waals surface area (Å²) in [6, 6.07) is 9.52. The van der Waals surface area contributed by atoms with Gasteiger partial charge in [-0.15, -0.1) is 0 Å². The van der Waals surface area contributed by atoms with Gasteiger partial charge >= 0.3 is 6.09 Å². The van der Waals surface area contributed by atoms with Crippen molar-refractivity contribution >= 4 is 33.6 Å². The summed E-state index contributed by atoms with van der Waals surface area (Å²) in [7, 11) is 0. The molecule has 0 unspecified atom stereocenters. The molecule has 1 aliphatic rings. The van der Waals surface area contributed by atoms with Crippen molar-refractivity contribution < 1.29 is 14.3 Å². The molecule has 2 aromatic heterocycles. The van der Waals surface area contributed by atoms with Gasteiger partial charge in [-0.25, -0.2) is 9.78 Å². The molecule has 3 aromatic rings. The number of hydrogen-bond donors (Lipinski definition) is 0. The first-order valence-corrected chi connectivity index (χ1v) is 9.72. The van der Waals surface area contributed by atoms with Crippen LogP contribution in [-0.2, 0) is 4.74 Å². The summed E-state index contributed by atoms with van der Waals surface area (Å²) in [5, 5.41) is 0.877. The molecule has 0 atom stereocenters. The topological polar surface area (TPSA) is 67.7 Å². The number of amides is 2. The summed E-state index contributed by atoms with van der Waals surface area (Å²) >= 11 is 1.55. The van der Waals surface area contributed by atoms with Gasteiger partial charge in [0.15, 0.2) is 5.13 Å². The van der Waals surface area contributed by atoms with E-state index in [0.717, 1.165) is 15.3 Å². The highest BCUT2D eigenvalue weighted by Crippen LogP contribution is 2.26. The molecule has 1 saturated heterocycles. The lowest BCUT2D eigenvalue weighted by atomic mass is 10.1. The van der Waals surface area contributed by atoms with Crippen molar-refractivity contribution in [1.29, 1.82) is 0 Å². The van der Waals surface area contributed by atoms with Crippen molar-refractivity contribution in [3.63, 3.8) is 0 Å². The highest BCUT2D eigenvalue weighted by molar-refractivity contribution is 7.20. The Morgan fingerprint density at radius 3 is 2.52 bits per heavy atom. The molecule has 0 bridgehead atoms. The Kier molecular flexibility index (Phi) is 4.81. The third kappa shape index (κ3) is 3.52. The number of rotatable bonds is 3. The first-order valence-electron chi connectivity index (χ1n) is 8.90. The maximum atomic E-state index is 12.9. The van der Waals surface area contributed by atoms with Crippen molar-refractivity contribution in [3.8, 4) is 5.13 Å². The van der Waals surface area contributed by atoms with E-state index in [0.29, 0.717) is 38.3 Å². The average Bonchev–Trinajstić information content (AvgIpc) is 3.36. The molecule has 4 rings (SSSR count). The largest absolute Gasteiger partial charge is 0.450 e. The van der Waals surface area contributed by atoms with Gasteiger partial charge in [0, 0.05) is 44.1 Å². The van der Waals surface area contributed by atoms with Gasteiger partial charge in [0.2, 0.25) is 0 Å². The summed E-state index contributed by atoms with van der Waals surface area (Å²) in [6.45, 7) is 4.14. The maximum absolute atomic E-state index is 12.9. The fourth-order valence-corrected chi connectivity index (χ4v) is 4.08. The fourth-order valence-electron chi connectivity index (χ4n) is 3.11. The van der Waals surface area contributed by atoms with Crippen molar-refractivity contribution in [3.05, 3.63) is 48.3 Å². The van der Waals surface area contributed by atoms with Crippen LogP contribution in [-0.4, -0.2) is 64.1 Å². The fraction of sp³-hybridized carbons (Fsp3) is 0.316. The van der Waals surface area contributed by atoms with Crippen molar-refractivity contribution in [2.24, 2.45) is 0 Å². The van der Waals surface area contributed by atoms with Crippen molar-refractivity contribution in [2.45, 2.75) is 6.92 Å². The highest BCUT2D eigenvalue weighted by atomic mass is 32.1. The minimum absolute atomic E-state index is 0.0173. The minimum Gasteiger partial charge on any atom is -0.450 e. The summed E-state index contributed by atoms with van der Waals surface area (Å²) in [5.41, 5.74) is 1.53. The predicted molar refractivity (Wildman–Crippen MR) is 103 cm³/mol. The second kappa shape index (κ2) is 7.40. The normalized spacial score (nSPS) is 14.6. The summed E-state index contributed by atoms with van der Waals surface area (Å²) in [4.78, 5) is 32.7.